The van der Waals surface area contributed by atoms with Gasteiger partial charge < -0.3 is 9.84 Å². The quantitative estimate of drug-likeness (QED) is 0.730. The van der Waals surface area contributed by atoms with Crippen LogP contribution in [0.1, 0.15) is 6.92 Å². The fraction of sp³-hybridized carbons (Fsp3) is 1.00. The highest BCUT2D eigenvalue weighted by Gasteiger charge is 2.35. The predicted octanol–water partition coefficient (Wildman–Crippen LogP) is 0.630. The van der Waals surface area contributed by atoms with Gasteiger partial charge in [0.1, 0.15) is 0 Å². The van der Waals surface area contributed by atoms with Gasteiger partial charge in [-0.1, -0.05) is 0 Å². The molecule has 0 radical (unpaired) electrons. The third-order valence-electron chi connectivity index (χ3n) is 2.22. The highest BCUT2D eigenvalue weighted by Crippen LogP contribution is 2.20. The monoisotopic (exact) mass is 213 g/mol. The van der Waals surface area contributed by atoms with E-state index in [0.717, 1.165) is 0 Å². The minimum absolute atomic E-state index is 0.136. The molecule has 0 bridgehead atoms. The zero-order valence-corrected chi connectivity index (χ0v) is 7.92. The molecule has 2 unspecified atom stereocenters. The summed E-state index contributed by atoms with van der Waals surface area (Å²) in [7, 11) is 0. The van der Waals surface area contributed by atoms with Gasteiger partial charge in [0.2, 0.25) is 0 Å². The normalized spacial score (nSPS) is 30.6. The van der Waals surface area contributed by atoms with E-state index in [9.17, 15) is 13.2 Å². The summed E-state index contributed by atoms with van der Waals surface area (Å²) in [5.74, 6) is 0. The molecule has 84 valence electrons. The average molecular weight is 213 g/mol. The Hall–Kier alpha value is -0.330. The summed E-state index contributed by atoms with van der Waals surface area (Å²) in [5, 5.41) is 8.76. The predicted molar refractivity (Wildman–Crippen MR) is 43.9 cm³/mol. The van der Waals surface area contributed by atoms with Gasteiger partial charge in [0.15, 0.2) is 0 Å². The third-order valence-corrected chi connectivity index (χ3v) is 2.22. The molecule has 3 nitrogen and oxygen atoms in total. The smallest absolute Gasteiger partial charge is 0.394 e. The summed E-state index contributed by atoms with van der Waals surface area (Å²) >= 11 is 0. The van der Waals surface area contributed by atoms with Crippen LogP contribution < -0.4 is 0 Å². The highest BCUT2D eigenvalue weighted by molar-refractivity contribution is 4.78. The Balaban J connectivity index is 2.48. The van der Waals surface area contributed by atoms with Crippen LogP contribution in [0.15, 0.2) is 0 Å². The van der Waals surface area contributed by atoms with Crippen molar-refractivity contribution in [2.24, 2.45) is 0 Å². The molecule has 0 aromatic rings. The van der Waals surface area contributed by atoms with Gasteiger partial charge in [-0.15, -0.1) is 0 Å². The lowest BCUT2D eigenvalue weighted by Gasteiger charge is -2.37. The first-order chi connectivity index (χ1) is 6.42. The summed E-state index contributed by atoms with van der Waals surface area (Å²) < 4.78 is 41.4. The number of rotatable bonds is 2. The van der Waals surface area contributed by atoms with Crippen LogP contribution in [0.2, 0.25) is 0 Å². The Bertz CT molecular complexity index is 186. The second-order valence-electron chi connectivity index (χ2n) is 3.53. The number of halogens is 3. The Morgan fingerprint density at radius 1 is 1.50 bits per heavy atom. The first kappa shape index (κ1) is 11.7. The van der Waals surface area contributed by atoms with Gasteiger partial charge in [0.05, 0.1) is 25.9 Å². The van der Waals surface area contributed by atoms with Gasteiger partial charge >= 0.3 is 6.18 Å². The van der Waals surface area contributed by atoms with Crippen molar-refractivity contribution in [3.05, 3.63) is 0 Å². The molecule has 2 atom stereocenters. The number of alkyl halides is 3. The van der Waals surface area contributed by atoms with Crippen molar-refractivity contribution in [1.82, 2.24) is 4.90 Å². The Morgan fingerprint density at radius 3 is 2.64 bits per heavy atom. The van der Waals surface area contributed by atoms with Crippen LogP contribution in [-0.4, -0.2) is 54.6 Å². The minimum atomic E-state index is -4.19. The molecule has 0 aromatic carbocycles. The van der Waals surface area contributed by atoms with Crippen molar-refractivity contribution in [2.45, 2.75) is 25.2 Å². The number of nitrogens with zero attached hydrogens (tertiary/aromatic N) is 1. The van der Waals surface area contributed by atoms with E-state index in [0.29, 0.717) is 0 Å². The molecule has 1 heterocycles. The van der Waals surface area contributed by atoms with Crippen molar-refractivity contribution < 1.29 is 23.0 Å². The SMILES string of the molecule is CC1COC(CO)CN1CC(F)(F)F. The van der Waals surface area contributed by atoms with E-state index in [1.807, 2.05) is 0 Å². The lowest BCUT2D eigenvalue weighted by molar-refractivity contribution is -0.171. The molecule has 1 rings (SSSR count). The van der Waals surface area contributed by atoms with E-state index >= 15 is 0 Å². The van der Waals surface area contributed by atoms with Crippen LogP contribution in [0.3, 0.4) is 0 Å². The largest absolute Gasteiger partial charge is 0.401 e. The molecule has 0 amide bonds. The zero-order chi connectivity index (χ0) is 10.8. The minimum Gasteiger partial charge on any atom is -0.394 e. The summed E-state index contributed by atoms with van der Waals surface area (Å²) in [6.45, 7) is 0.882. The molecule has 0 saturated carbocycles. The zero-order valence-electron chi connectivity index (χ0n) is 7.92. The van der Waals surface area contributed by atoms with Gasteiger partial charge in [-0.3, -0.25) is 4.90 Å². The lowest BCUT2D eigenvalue weighted by Crippen LogP contribution is -2.52. The van der Waals surface area contributed by atoms with E-state index in [4.69, 9.17) is 9.84 Å². The molecule has 1 fully saturated rings. The molecule has 1 N–H and O–H groups in total. The van der Waals surface area contributed by atoms with Crippen LogP contribution in [0.5, 0.6) is 0 Å². The maximum atomic E-state index is 12.1. The molecular weight excluding hydrogens is 199 g/mol. The molecule has 6 heteroatoms. The topological polar surface area (TPSA) is 32.7 Å². The number of aliphatic hydroxyl groups excluding tert-OH is 1. The highest BCUT2D eigenvalue weighted by atomic mass is 19.4. The fourth-order valence-electron chi connectivity index (χ4n) is 1.44. The maximum absolute atomic E-state index is 12.1. The number of hydrogen-bond donors (Lipinski definition) is 1. The van der Waals surface area contributed by atoms with Crippen LogP contribution in [-0.2, 0) is 4.74 Å². The lowest BCUT2D eigenvalue weighted by atomic mass is 10.2. The van der Waals surface area contributed by atoms with E-state index in [1.165, 1.54) is 4.90 Å². The van der Waals surface area contributed by atoms with Gasteiger partial charge in [0.25, 0.3) is 0 Å². The number of morpholine rings is 1. The first-order valence-corrected chi connectivity index (χ1v) is 4.45. The summed E-state index contributed by atoms with van der Waals surface area (Å²) in [4.78, 5) is 1.28. The molecule has 14 heavy (non-hydrogen) atoms. The second kappa shape index (κ2) is 4.46. The van der Waals surface area contributed by atoms with Crippen molar-refractivity contribution >= 4 is 0 Å². The van der Waals surface area contributed by atoms with Crippen LogP contribution in [0.4, 0.5) is 13.2 Å². The number of ether oxygens (including phenoxy) is 1. The van der Waals surface area contributed by atoms with Crippen molar-refractivity contribution in [1.29, 1.82) is 0 Å². The van der Waals surface area contributed by atoms with Gasteiger partial charge in [-0.25, -0.2) is 0 Å². The third kappa shape index (κ3) is 3.43. The summed E-state index contributed by atoms with van der Waals surface area (Å²) in [6, 6.07) is -0.251. The first-order valence-electron chi connectivity index (χ1n) is 4.45. The maximum Gasteiger partial charge on any atom is 0.401 e. The molecule has 0 spiro atoms. The van der Waals surface area contributed by atoms with Gasteiger partial charge in [-0.2, -0.15) is 13.2 Å². The number of aliphatic hydroxyl groups is 1. The van der Waals surface area contributed by atoms with Crippen molar-refractivity contribution in [3.63, 3.8) is 0 Å². The van der Waals surface area contributed by atoms with Crippen molar-refractivity contribution in [3.8, 4) is 0 Å². The van der Waals surface area contributed by atoms with Crippen LogP contribution >= 0.6 is 0 Å². The van der Waals surface area contributed by atoms with Gasteiger partial charge in [-0.05, 0) is 6.92 Å². The molecule has 1 aliphatic heterocycles. The molecule has 0 aliphatic carbocycles. The Labute approximate surface area is 80.5 Å². The van der Waals surface area contributed by atoms with Crippen LogP contribution in [0.25, 0.3) is 0 Å². The standard InChI is InChI=1S/C8H14F3NO2/c1-6-4-14-7(3-13)2-12(6)5-8(9,10)11/h6-7,13H,2-5H2,1H3. The van der Waals surface area contributed by atoms with Crippen LogP contribution in [0, 0.1) is 0 Å². The summed E-state index contributed by atoms with van der Waals surface area (Å²) in [6.07, 6.45) is -4.68. The molecular formula is C8H14F3NO2. The van der Waals surface area contributed by atoms with E-state index < -0.39 is 18.8 Å². The molecule has 0 aromatic heterocycles. The Morgan fingerprint density at radius 2 is 2.14 bits per heavy atom. The van der Waals surface area contributed by atoms with E-state index in [-0.39, 0.29) is 25.8 Å². The van der Waals surface area contributed by atoms with E-state index in [2.05, 4.69) is 0 Å². The molecule has 1 saturated heterocycles. The average Bonchev–Trinajstić information content (AvgIpc) is 2.06. The fourth-order valence-corrected chi connectivity index (χ4v) is 1.44. The Kier molecular flexibility index (Phi) is 3.74. The molecule has 1 aliphatic rings. The second-order valence-corrected chi connectivity index (χ2v) is 3.53. The summed E-state index contributed by atoms with van der Waals surface area (Å²) in [5.41, 5.74) is 0. The van der Waals surface area contributed by atoms with E-state index in [1.54, 1.807) is 6.92 Å². The van der Waals surface area contributed by atoms with Crippen molar-refractivity contribution in [2.75, 3.05) is 26.3 Å². The number of hydrogen-bond acceptors (Lipinski definition) is 3. The van der Waals surface area contributed by atoms with Gasteiger partial charge in [0, 0.05) is 12.6 Å².